The topological polar surface area (TPSA) is 61.5 Å². The third-order valence-electron chi connectivity index (χ3n) is 2.35. The van der Waals surface area contributed by atoms with Gasteiger partial charge in [0.15, 0.2) is 0 Å². The van der Waals surface area contributed by atoms with Gasteiger partial charge in [-0.05, 0) is 37.3 Å². The molecule has 0 aliphatic carbocycles. The highest BCUT2D eigenvalue weighted by Gasteiger charge is 2.17. The van der Waals surface area contributed by atoms with Crippen molar-refractivity contribution in [2.45, 2.75) is 32.1 Å². The third-order valence-corrected chi connectivity index (χ3v) is 3.19. The minimum absolute atomic E-state index is 0.185. The predicted molar refractivity (Wildman–Crippen MR) is 74.0 cm³/mol. The maximum Gasteiger partial charge on any atom is 0.307 e. The molecule has 0 aliphatic rings. The van der Waals surface area contributed by atoms with Crippen molar-refractivity contribution in [2.75, 3.05) is 7.11 Å². The molecule has 5 heteroatoms. The zero-order valence-corrected chi connectivity index (χ0v) is 12.4. The first kappa shape index (κ1) is 14.7. The second-order valence-electron chi connectivity index (χ2n) is 5.17. The van der Waals surface area contributed by atoms with Gasteiger partial charge in [-0.3, -0.25) is 4.79 Å². The molecule has 1 atom stereocenters. The molecule has 1 aromatic rings. The van der Waals surface area contributed by atoms with Gasteiger partial charge in [0.05, 0.1) is 13.5 Å². The van der Waals surface area contributed by atoms with Crippen LogP contribution in [0.5, 0.6) is 5.75 Å². The number of ether oxygens (including phenoxy) is 1. The standard InChI is InChI=1S/C13H21NO3Si/c1-16-13(15)9-12(14)10-5-7-11(8-6-10)17-18(2,3)4/h5-8,12H,9,14H2,1-4H3/t12-/m0/s1. The summed E-state index contributed by atoms with van der Waals surface area (Å²) < 4.78 is 10.4. The number of rotatable bonds is 5. The van der Waals surface area contributed by atoms with E-state index in [1.807, 2.05) is 24.3 Å². The normalized spacial score (nSPS) is 12.9. The van der Waals surface area contributed by atoms with E-state index in [0.717, 1.165) is 11.3 Å². The predicted octanol–water partition coefficient (Wildman–Crippen LogP) is 2.46. The Labute approximate surface area is 109 Å². The number of hydrogen-bond acceptors (Lipinski definition) is 4. The number of nitrogens with two attached hydrogens (primary N) is 1. The van der Waals surface area contributed by atoms with Gasteiger partial charge >= 0.3 is 5.97 Å². The highest BCUT2D eigenvalue weighted by molar-refractivity contribution is 6.70. The number of benzene rings is 1. The number of hydrogen-bond donors (Lipinski definition) is 1. The molecular formula is C13H21NO3Si. The molecular weight excluding hydrogens is 246 g/mol. The van der Waals surface area contributed by atoms with Gasteiger partial charge in [0.2, 0.25) is 8.32 Å². The molecule has 0 fully saturated rings. The van der Waals surface area contributed by atoms with Crippen LogP contribution < -0.4 is 10.2 Å². The molecule has 0 bridgehead atoms. The summed E-state index contributed by atoms with van der Waals surface area (Å²) in [6, 6.07) is 7.24. The first-order valence-corrected chi connectivity index (χ1v) is 9.34. The molecule has 0 radical (unpaired) electrons. The van der Waals surface area contributed by atoms with Crippen LogP contribution in [0.25, 0.3) is 0 Å². The van der Waals surface area contributed by atoms with E-state index in [4.69, 9.17) is 10.2 Å². The van der Waals surface area contributed by atoms with Crippen molar-refractivity contribution in [3.8, 4) is 5.75 Å². The lowest BCUT2D eigenvalue weighted by atomic mass is 10.1. The lowest BCUT2D eigenvalue weighted by Crippen LogP contribution is -2.29. The SMILES string of the molecule is COC(=O)C[C@H](N)c1ccc(O[Si](C)(C)C)cc1. The second kappa shape index (κ2) is 6.02. The number of esters is 1. The number of methoxy groups -OCH3 is 1. The van der Waals surface area contributed by atoms with Gasteiger partial charge in [-0.25, -0.2) is 0 Å². The lowest BCUT2D eigenvalue weighted by Gasteiger charge is -2.19. The van der Waals surface area contributed by atoms with Gasteiger partial charge in [-0.1, -0.05) is 12.1 Å². The minimum Gasteiger partial charge on any atom is -0.544 e. The van der Waals surface area contributed by atoms with Crippen LogP contribution in [0.15, 0.2) is 24.3 Å². The largest absolute Gasteiger partial charge is 0.544 e. The summed E-state index contributed by atoms with van der Waals surface area (Å²) in [6.45, 7) is 6.39. The van der Waals surface area contributed by atoms with Crippen molar-refractivity contribution in [3.05, 3.63) is 29.8 Å². The van der Waals surface area contributed by atoms with Crippen LogP contribution in [-0.4, -0.2) is 21.4 Å². The molecule has 0 aliphatic heterocycles. The maximum atomic E-state index is 11.1. The Morgan fingerprint density at radius 3 is 2.28 bits per heavy atom. The van der Waals surface area contributed by atoms with Crippen molar-refractivity contribution in [1.82, 2.24) is 0 Å². The van der Waals surface area contributed by atoms with E-state index in [-0.39, 0.29) is 18.4 Å². The highest BCUT2D eigenvalue weighted by Crippen LogP contribution is 2.21. The summed E-state index contributed by atoms with van der Waals surface area (Å²) in [5.74, 6) is 0.549. The molecule has 0 aromatic heterocycles. The van der Waals surface area contributed by atoms with E-state index in [0.29, 0.717) is 0 Å². The summed E-state index contributed by atoms with van der Waals surface area (Å²) in [5.41, 5.74) is 6.82. The summed E-state index contributed by atoms with van der Waals surface area (Å²) in [5, 5.41) is 0. The van der Waals surface area contributed by atoms with Crippen molar-refractivity contribution in [1.29, 1.82) is 0 Å². The lowest BCUT2D eigenvalue weighted by molar-refractivity contribution is -0.141. The maximum absolute atomic E-state index is 11.1. The van der Waals surface area contributed by atoms with Crippen molar-refractivity contribution >= 4 is 14.3 Å². The van der Waals surface area contributed by atoms with Crippen LogP contribution in [0.3, 0.4) is 0 Å². The molecule has 2 N–H and O–H groups in total. The van der Waals surface area contributed by atoms with Gasteiger partial charge in [-0.15, -0.1) is 0 Å². The molecule has 0 amide bonds. The zero-order valence-electron chi connectivity index (χ0n) is 11.4. The number of carbonyl (C=O) groups excluding carboxylic acids is 1. The third kappa shape index (κ3) is 4.89. The Kier molecular flexibility index (Phi) is 4.92. The van der Waals surface area contributed by atoms with Gasteiger partial charge < -0.3 is 14.9 Å². The molecule has 0 spiro atoms. The second-order valence-corrected chi connectivity index (χ2v) is 9.60. The van der Waals surface area contributed by atoms with E-state index in [2.05, 4.69) is 24.4 Å². The molecule has 0 unspecified atom stereocenters. The summed E-state index contributed by atoms with van der Waals surface area (Å²) >= 11 is 0. The van der Waals surface area contributed by atoms with Crippen LogP contribution in [0, 0.1) is 0 Å². The van der Waals surface area contributed by atoms with Gasteiger partial charge in [0.25, 0.3) is 0 Å². The van der Waals surface area contributed by atoms with E-state index in [1.165, 1.54) is 7.11 Å². The Hall–Kier alpha value is -1.33. The zero-order chi connectivity index (χ0) is 13.8. The quantitative estimate of drug-likeness (QED) is 0.657. The molecule has 0 heterocycles. The Morgan fingerprint density at radius 2 is 1.83 bits per heavy atom. The van der Waals surface area contributed by atoms with Gasteiger partial charge in [0.1, 0.15) is 5.75 Å². The van der Waals surface area contributed by atoms with E-state index >= 15 is 0 Å². The Morgan fingerprint density at radius 1 is 1.28 bits per heavy atom. The smallest absolute Gasteiger partial charge is 0.307 e. The molecule has 0 saturated heterocycles. The molecule has 1 rings (SSSR count). The fraction of sp³-hybridized carbons (Fsp3) is 0.462. The van der Waals surface area contributed by atoms with E-state index in [9.17, 15) is 4.79 Å². The molecule has 0 saturated carbocycles. The van der Waals surface area contributed by atoms with Gasteiger partial charge in [0, 0.05) is 6.04 Å². The summed E-state index contributed by atoms with van der Waals surface area (Å²) in [6.07, 6.45) is 0.185. The van der Waals surface area contributed by atoms with Gasteiger partial charge in [-0.2, -0.15) is 0 Å². The van der Waals surface area contributed by atoms with Crippen LogP contribution >= 0.6 is 0 Å². The van der Waals surface area contributed by atoms with Crippen LogP contribution in [0.1, 0.15) is 18.0 Å². The number of carbonyl (C=O) groups is 1. The Balaban J connectivity index is 2.67. The first-order valence-electron chi connectivity index (χ1n) is 5.93. The van der Waals surface area contributed by atoms with Crippen molar-refractivity contribution in [2.24, 2.45) is 5.73 Å². The molecule has 4 nitrogen and oxygen atoms in total. The fourth-order valence-corrected chi connectivity index (χ4v) is 2.36. The van der Waals surface area contributed by atoms with Crippen molar-refractivity contribution in [3.63, 3.8) is 0 Å². The molecule has 100 valence electrons. The average molecular weight is 267 g/mol. The fourth-order valence-electron chi connectivity index (χ4n) is 1.52. The monoisotopic (exact) mass is 267 g/mol. The highest BCUT2D eigenvalue weighted by atomic mass is 28.4. The molecule has 1 aromatic carbocycles. The van der Waals surface area contributed by atoms with E-state index in [1.54, 1.807) is 0 Å². The van der Waals surface area contributed by atoms with Crippen molar-refractivity contribution < 1.29 is 14.0 Å². The molecule has 18 heavy (non-hydrogen) atoms. The first-order chi connectivity index (χ1) is 8.31. The Bertz CT molecular complexity index is 398. The van der Waals surface area contributed by atoms with Crippen LogP contribution in [0.2, 0.25) is 19.6 Å². The van der Waals surface area contributed by atoms with E-state index < -0.39 is 8.32 Å². The summed E-state index contributed by atoms with van der Waals surface area (Å²) in [7, 11) is -0.219. The summed E-state index contributed by atoms with van der Waals surface area (Å²) in [4.78, 5) is 11.1. The minimum atomic E-state index is -1.58. The van der Waals surface area contributed by atoms with Crippen LogP contribution in [-0.2, 0) is 9.53 Å². The van der Waals surface area contributed by atoms with Crippen LogP contribution in [0.4, 0.5) is 0 Å². The average Bonchev–Trinajstić information content (AvgIpc) is 2.27.